The average molecular weight is 309 g/mol. The summed E-state index contributed by atoms with van der Waals surface area (Å²) in [4.78, 5) is 0. The molecule has 1 saturated heterocycles. The summed E-state index contributed by atoms with van der Waals surface area (Å²) < 4.78 is 23.5. The first kappa shape index (κ1) is 16.5. The van der Waals surface area contributed by atoms with Gasteiger partial charge in [0.05, 0.1) is 11.5 Å². The van der Waals surface area contributed by atoms with E-state index in [-0.39, 0.29) is 12.0 Å². The Morgan fingerprint density at radius 1 is 1.19 bits per heavy atom. The molecule has 3 unspecified atom stereocenters. The molecule has 21 heavy (non-hydrogen) atoms. The van der Waals surface area contributed by atoms with Crippen molar-refractivity contribution in [3.63, 3.8) is 0 Å². The van der Waals surface area contributed by atoms with E-state index in [9.17, 15) is 8.42 Å². The number of hydrogen-bond acceptors (Lipinski definition) is 3. The fourth-order valence-electron chi connectivity index (χ4n) is 3.13. The zero-order valence-electron chi connectivity index (χ0n) is 13.3. The van der Waals surface area contributed by atoms with Gasteiger partial charge in [0.2, 0.25) is 0 Å². The van der Waals surface area contributed by atoms with Gasteiger partial charge in [-0.25, -0.2) is 8.42 Å². The Labute approximate surface area is 129 Å². The van der Waals surface area contributed by atoms with E-state index in [0.29, 0.717) is 17.4 Å². The van der Waals surface area contributed by atoms with Crippen LogP contribution in [0.15, 0.2) is 24.3 Å². The van der Waals surface area contributed by atoms with Crippen LogP contribution in [-0.4, -0.2) is 26.5 Å². The van der Waals surface area contributed by atoms with Gasteiger partial charge < -0.3 is 5.32 Å². The van der Waals surface area contributed by atoms with Gasteiger partial charge in [0.15, 0.2) is 9.84 Å². The van der Waals surface area contributed by atoms with E-state index < -0.39 is 9.84 Å². The fourth-order valence-corrected chi connectivity index (χ4v) is 4.97. The highest BCUT2D eigenvalue weighted by Crippen LogP contribution is 2.32. The van der Waals surface area contributed by atoms with Gasteiger partial charge in [-0.1, -0.05) is 45.0 Å². The molecule has 3 nitrogen and oxygen atoms in total. The zero-order chi connectivity index (χ0) is 15.5. The predicted molar refractivity (Wildman–Crippen MR) is 88.3 cm³/mol. The minimum absolute atomic E-state index is 0.151. The molecule has 0 amide bonds. The fraction of sp³-hybridized carbons (Fsp3) is 0.647. The molecule has 0 spiro atoms. The molecule has 0 bridgehead atoms. The van der Waals surface area contributed by atoms with E-state index >= 15 is 0 Å². The molecule has 4 heteroatoms. The highest BCUT2D eigenvalue weighted by Gasteiger charge is 2.34. The molecule has 1 fully saturated rings. The van der Waals surface area contributed by atoms with Crippen LogP contribution in [-0.2, 0) is 9.84 Å². The van der Waals surface area contributed by atoms with Crippen molar-refractivity contribution in [2.45, 2.75) is 45.6 Å². The molecule has 0 saturated carbocycles. The summed E-state index contributed by atoms with van der Waals surface area (Å²) in [6.07, 6.45) is 1.91. The van der Waals surface area contributed by atoms with Crippen LogP contribution in [0.2, 0.25) is 0 Å². The summed E-state index contributed by atoms with van der Waals surface area (Å²) in [5.74, 6) is 1.43. The third-order valence-corrected chi connectivity index (χ3v) is 6.43. The molecule has 0 aliphatic carbocycles. The molecule has 3 atom stereocenters. The van der Waals surface area contributed by atoms with Gasteiger partial charge in [0.25, 0.3) is 0 Å². The van der Waals surface area contributed by atoms with Crippen molar-refractivity contribution in [1.29, 1.82) is 0 Å². The van der Waals surface area contributed by atoms with Crippen LogP contribution < -0.4 is 5.32 Å². The summed E-state index contributed by atoms with van der Waals surface area (Å²) in [6.45, 7) is 7.36. The molecule has 0 radical (unpaired) electrons. The molecule has 1 aliphatic heterocycles. The maximum absolute atomic E-state index is 11.7. The maximum atomic E-state index is 11.7. The number of rotatable bonds is 6. The Morgan fingerprint density at radius 3 is 2.29 bits per heavy atom. The highest BCUT2D eigenvalue weighted by molar-refractivity contribution is 7.91. The second-order valence-corrected chi connectivity index (χ2v) is 8.40. The number of nitrogens with one attached hydrogen (secondary N) is 1. The lowest BCUT2D eigenvalue weighted by Crippen LogP contribution is -2.29. The Morgan fingerprint density at radius 2 is 1.81 bits per heavy atom. The van der Waals surface area contributed by atoms with Crippen molar-refractivity contribution in [1.82, 2.24) is 5.32 Å². The van der Waals surface area contributed by atoms with Crippen LogP contribution >= 0.6 is 0 Å². The van der Waals surface area contributed by atoms with E-state index in [1.54, 1.807) is 0 Å². The van der Waals surface area contributed by atoms with E-state index in [0.717, 1.165) is 19.4 Å². The van der Waals surface area contributed by atoms with Gasteiger partial charge in [-0.05, 0) is 42.3 Å². The van der Waals surface area contributed by atoms with Gasteiger partial charge in [-0.3, -0.25) is 0 Å². The highest BCUT2D eigenvalue weighted by atomic mass is 32.2. The van der Waals surface area contributed by atoms with Gasteiger partial charge in [-0.2, -0.15) is 0 Å². The monoisotopic (exact) mass is 309 g/mol. The van der Waals surface area contributed by atoms with Gasteiger partial charge >= 0.3 is 0 Å². The van der Waals surface area contributed by atoms with Crippen LogP contribution in [0.25, 0.3) is 0 Å². The van der Waals surface area contributed by atoms with Crippen LogP contribution in [0.4, 0.5) is 0 Å². The third-order valence-electron chi connectivity index (χ3n) is 4.64. The van der Waals surface area contributed by atoms with Crippen LogP contribution in [0, 0.1) is 5.92 Å². The first-order valence-corrected chi connectivity index (χ1v) is 9.82. The second-order valence-electron chi connectivity index (χ2n) is 6.17. The van der Waals surface area contributed by atoms with E-state index in [1.807, 2.05) is 0 Å². The summed E-state index contributed by atoms with van der Waals surface area (Å²) in [7, 11) is -2.83. The molecule has 1 aromatic rings. The Balaban J connectivity index is 2.18. The molecule has 1 heterocycles. The van der Waals surface area contributed by atoms with Crippen LogP contribution in [0.1, 0.15) is 56.7 Å². The van der Waals surface area contributed by atoms with E-state index in [1.165, 1.54) is 11.1 Å². The van der Waals surface area contributed by atoms with Crippen LogP contribution in [0.3, 0.4) is 0 Å². The van der Waals surface area contributed by atoms with Gasteiger partial charge in [0, 0.05) is 6.04 Å². The smallest absolute Gasteiger partial charge is 0.150 e. The molecular formula is C17H27NO2S. The normalized spacial score (nSPS) is 23.9. The number of benzene rings is 1. The standard InChI is InChI=1S/C17H27NO2S/c1-4-13(3)14-6-8-15(9-7-14)17(18-5-2)16-10-11-21(19,20)12-16/h6-9,13,16-18H,4-5,10-12H2,1-3H3. The lowest BCUT2D eigenvalue weighted by atomic mass is 9.90. The summed E-state index contributed by atoms with van der Waals surface area (Å²) in [6, 6.07) is 8.87. The Hall–Kier alpha value is -0.870. The van der Waals surface area contributed by atoms with Crippen molar-refractivity contribution in [3.05, 3.63) is 35.4 Å². The summed E-state index contributed by atoms with van der Waals surface area (Å²) >= 11 is 0. The predicted octanol–water partition coefficient (Wildman–Crippen LogP) is 3.29. The summed E-state index contributed by atoms with van der Waals surface area (Å²) in [5.41, 5.74) is 2.57. The Kier molecular flexibility index (Phi) is 5.44. The first-order valence-electron chi connectivity index (χ1n) is 8.00. The molecule has 0 aromatic heterocycles. The summed E-state index contributed by atoms with van der Waals surface area (Å²) in [5, 5.41) is 3.48. The zero-order valence-corrected chi connectivity index (χ0v) is 14.1. The largest absolute Gasteiger partial charge is 0.310 e. The first-order chi connectivity index (χ1) is 9.96. The lowest BCUT2D eigenvalue weighted by molar-refractivity contribution is 0.400. The minimum atomic E-state index is -2.83. The molecule has 118 valence electrons. The number of hydrogen-bond donors (Lipinski definition) is 1. The quantitative estimate of drug-likeness (QED) is 0.877. The molecule has 1 aliphatic rings. The molecular weight excluding hydrogens is 282 g/mol. The molecule has 1 N–H and O–H groups in total. The van der Waals surface area contributed by atoms with Crippen molar-refractivity contribution in [2.75, 3.05) is 18.1 Å². The number of sulfone groups is 1. The van der Waals surface area contributed by atoms with Gasteiger partial charge in [-0.15, -0.1) is 0 Å². The van der Waals surface area contributed by atoms with Crippen molar-refractivity contribution >= 4 is 9.84 Å². The average Bonchev–Trinajstić information content (AvgIpc) is 2.84. The molecule has 1 aromatic carbocycles. The lowest BCUT2D eigenvalue weighted by Gasteiger charge is -2.24. The SMILES string of the molecule is CCNC(c1ccc(C(C)CC)cc1)C1CCS(=O)(=O)C1. The van der Waals surface area contributed by atoms with Crippen molar-refractivity contribution in [3.8, 4) is 0 Å². The van der Waals surface area contributed by atoms with Crippen molar-refractivity contribution in [2.24, 2.45) is 5.92 Å². The van der Waals surface area contributed by atoms with Gasteiger partial charge in [0.1, 0.15) is 0 Å². The topological polar surface area (TPSA) is 46.2 Å². The van der Waals surface area contributed by atoms with Crippen LogP contribution in [0.5, 0.6) is 0 Å². The minimum Gasteiger partial charge on any atom is -0.310 e. The maximum Gasteiger partial charge on any atom is 0.150 e. The molecule has 2 rings (SSSR count). The second kappa shape index (κ2) is 6.93. The Bertz CT molecular complexity index is 551. The third kappa shape index (κ3) is 4.07. The van der Waals surface area contributed by atoms with E-state index in [2.05, 4.69) is 50.4 Å². The van der Waals surface area contributed by atoms with Crippen molar-refractivity contribution < 1.29 is 8.42 Å². The van der Waals surface area contributed by atoms with E-state index in [4.69, 9.17) is 0 Å².